The van der Waals surface area contributed by atoms with E-state index in [9.17, 15) is 0 Å². The third kappa shape index (κ3) is 3.70. The molecule has 3 nitrogen and oxygen atoms in total. The number of anilines is 1. The molecule has 0 spiro atoms. The minimum absolute atomic E-state index is 0.435. The average molecular weight is 249 g/mol. The molecule has 1 heterocycles. The van der Waals surface area contributed by atoms with Crippen molar-refractivity contribution in [1.82, 2.24) is 4.98 Å². The van der Waals surface area contributed by atoms with E-state index in [1.54, 1.807) is 0 Å². The maximum Gasteiger partial charge on any atom is 0.129 e. The zero-order chi connectivity index (χ0) is 13.7. The Morgan fingerprint density at radius 1 is 1.28 bits per heavy atom. The van der Waals surface area contributed by atoms with E-state index in [2.05, 4.69) is 51.8 Å². The van der Waals surface area contributed by atoms with E-state index in [0.29, 0.717) is 18.5 Å². The largest absolute Gasteiger partial charge is 0.357 e. The number of nitrogens with zero attached hydrogens (tertiary/aromatic N) is 2. The molecule has 102 valence electrons. The van der Waals surface area contributed by atoms with Gasteiger partial charge in [0.15, 0.2) is 0 Å². The van der Waals surface area contributed by atoms with Crippen molar-refractivity contribution < 1.29 is 0 Å². The Morgan fingerprint density at radius 3 is 2.44 bits per heavy atom. The minimum Gasteiger partial charge on any atom is -0.357 e. The third-order valence-electron chi connectivity index (χ3n) is 3.45. The molecule has 1 aromatic rings. The van der Waals surface area contributed by atoms with Gasteiger partial charge in [-0.15, -0.1) is 0 Å². The van der Waals surface area contributed by atoms with Gasteiger partial charge in [-0.1, -0.05) is 27.2 Å². The van der Waals surface area contributed by atoms with Crippen LogP contribution >= 0.6 is 0 Å². The molecule has 0 saturated heterocycles. The molecule has 0 aliphatic rings. The summed E-state index contributed by atoms with van der Waals surface area (Å²) in [5, 5.41) is 0. The van der Waals surface area contributed by atoms with Crippen LogP contribution < -0.4 is 10.6 Å². The highest BCUT2D eigenvalue weighted by molar-refractivity contribution is 5.43. The van der Waals surface area contributed by atoms with Crippen LogP contribution in [0.5, 0.6) is 0 Å². The summed E-state index contributed by atoms with van der Waals surface area (Å²) in [6.45, 7) is 9.37. The molecule has 2 N–H and O–H groups in total. The predicted octanol–water partition coefficient (Wildman–Crippen LogP) is 3.29. The van der Waals surface area contributed by atoms with Gasteiger partial charge in [-0.25, -0.2) is 4.98 Å². The molecule has 1 atom stereocenters. The average Bonchev–Trinajstić information content (AvgIpc) is 2.37. The summed E-state index contributed by atoms with van der Waals surface area (Å²) >= 11 is 0. The lowest BCUT2D eigenvalue weighted by Crippen LogP contribution is -2.29. The highest BCUT2D eigenvalue weighted by Gasteiger charge is 2.13. The van der Waals surface area contributed by atoms with Crippen LogP contribution in [0.2, 0.25) is 0 Å². The highest BCUT2D eigenvalue weighted by Crippen LogP contribution is 2.21. The fraction of sp³-hybridized carbons (Fsp3) is 0.667. The summed E-state index contributed by atoms with van der Waals surface area (Å²) in [4.78, 5) is 7.01. The Morgan fingerprint density at radius 2 is 1.94 bits per heavy atom. The fourth-order valence-electron chi connectivity index (χ4n) is 2.03. The van der Waals surface area contributed by atoms with Gasteiger partial charge in [0.25, 0.3) is 0 Å². The summed E-state index contributed by atoms with van der Waals surface area (Å²) in [5.74, 6) is 1.48. The van der Waals surface area contributed by atoms with Gasteiger partial charge in [0.1, 0.15) is 5.82 Å². The first-order valence-electron chi connectivity index (χ1n) is 6.93. The normalized spacial score (nSPS) is 12.8. The maximum atomic E-state index is 5.78. The van der Waals surface area contributed by atoms with Gasteiger partial charge >= 0.3 is 0 Å². The van der Waals surface area contributed by atoms with Crippen LogP contribution in [0.15, 0.2) is 12.1 Å². The van der Waals surface area contributed by atoms with Crippen molar-refractivity contribution in [3.63, 3.8) is 0 Å². The van der Waals surface area contributed by atoms with Crippen molar-refractivity contribution in [1.29, 1.82) is 0 Å². The van der Waals surface area contributed by atoms with Gasteiger partial charge in [0.2, 0.25) is 0 Å². The van der Waals surface area contributed by atoms with Gasteiger partial charge < -0.3 is 10.6 Å². The summed E-state index contributed by atoms with van der Waals surface area (Å²) < 4.78 is 0. The molecule has 0 amide bonds. The molecular formula is C15H27N3. The molecule has 0 radical (unpaired) electrons. The molecule has 0 aliphatic carbocycles. The second kappa shape index (κ2) is 6.74. The Balaban J connectivity index is 3.03. The van der Waals surface area contributed by atoms with Crippen molar-refractivity contribution in [2.45, 2.75) is 59.0 Å². The topological polar surface area (TPSA) is 42.1 Å². The van der Waals surface area contributed by atoms with E-state index in [1.165, 1.54) is 18.4 Å². The number of hydrogen-bond acceptors (Lipinski definition) is 3. The zero-order valence-corrected chi connectivity index (χ0v) is 12.4. The maximum absolute atomic E-state index is 5.78. The van der Waals surface area contributed by atoms with Gasteiger partial charge in [-0.2, -0.15) is 0 Å². The molecule has 0 bridgehead atoms. The molecule has 0 fully saturated rings. The van der Waals surface area contributed by atoms with E-state index in [1.807, 2.05) is 0 Å². The Kier molecular flexibility index (Phi) is 5.60. The molecule has 18 heavy (non-hydrogen) atoms. The quantitative estimate of drug-likeness (QED) is 0.841. The summed E-state index contributed by atoms with van der Waals surface area (Å²) in [6.07, 6.45) is 2.38. The number of aromatic nitrogens is 1. The fourth-order valence-corrected chi connectivity index (χ4v) is 2.03. The number of nitrogens with two attached hydrogens (primary N) is 1. The van der Waals surface area contributed by atoms with E-state index in [4.69, 9.17) is 10.7 Å². The molecule has 1 rings (SSSR count). The van der Waals surface area contributed by atoms with Crippen molar-refractivity contribution in [3.8, 4) is 0 Å². The lowest BCUT2D eigenvalue weighted by molar-refractivity contribution is 0.609. The Hall–Kier alpha value is -1.09. The van der Waals surface area contributed by atoms with Crippen LogP contribution in [0.25, 0.3) is 0 Å². The molecule has 3 heteroatoms. The van der Waals surface area contributed by atoms with Crippen LogP contribution in [0.1, 0.15) is 57.7 Å². The van der Waals surface area contributed by atoms with Crippen LogP contribution in [0, 0.1) is 0 Å². The van der Waals surface area contributed by atoms with Crippen LogP contribution in [-0.2, 0) is 6.54 Å². The van der Waals surface area contributed by atoms with Crippen molar-refractivity contribution in [2.75, 3.05) is 11.9 Å². The van der Waals surface area contributed by atoms with E-state index in [-0.39, 0.29) is 0 Å². The zero-order valence-electron chi connectivity index (χ0n) is 12.4. The van der Waals surface area contributed by atoms with E-state index >= 15 is 0 Å². The van der Waals surface area contributed by atoms with E-state index < -0.39 is 0 Å². The molecule has 1 unspecified atom stereocenters. The lowest BCUT2D eigenvalue weighted by Gasteiger charge is -2.27. The Bertz CT molecular complexity index is 374. The monoisotopic (exact) mass is 249 g/mol. The SMILES string of the molecule is CCCC(C)N(C)c1cc(CN)cc(C(C)C)n1. The molecule has 0 aromatic carbocycles. The first-order chi connectivity index (χ1) is 8.49. The number of hydrogen-bond donors (Lipinski definition) is 1. The summed E-state index contributed by atoms with van der Waals surface area (Å²) in [5.41, 5.74) is 8.07. The van der Waals surface area contributed by atoms with Gasteiger partial charge in [-0.3, -0.25) is 0 Å². The molecule has 0 aliphatic heterocycles. The van der Waals surface area contributed by atoms with Crippen LogP contribution in [-0.4, -0.2) is 18.1 Å². The van der Waals surface area contributed by atoms with Gasteiger partial charge in [-0.05, 0) is 37.0 Å². The number of rotatable bonds is 6. The summed E-state index contributed by atoms with van der Waals surface area (Å²) in [6, 6.07) is 4.74. The van der Waals surface area contributed by atoms with Gasteiger partial charge in [0, 0.05) is 25.3 Å². The van der Waals surface area contributed by atoms with E-state index in [0.717, 1.165) is 11.5 Å². The predicted molar refractivity (Wildman–Crippen MR) is 79.0 cm³/mol. The summed E-state index contributed by atoms with van der Waals surface area (Å²) in [7, 11) is 2.12. The highest BCUT2D eigenvalue weighted by atomic mass is 15.2. The lowest BCUT2D eigenvalue weighted by atomic mass is 10.1. The van der Waals surface area contributed by atoms with Crippen LogP contribution in [0.4, 0.5) is 5.82 Å². The molecule has 1 aromatic heterocycles. The standard InChI is InChI=1S/C15H27N3/c1-6-7-12(4)18(5)15-9-13(10-16)8-14(17-15)11(2)3/h8-9,11-12H,6-7,10,16H2,1-5H3. The van der Waals surface area contributed by atoms with Crippen LogP contribution in [0.3, 0.4) is 0 Å². The second-order valence-electron chi connectivity index (χ2n) is 5.37. The smallest absolute Gasteiger partial charge is 0.129 e. The first-order valence-corrected chi connectivity index (χ1v) is 6.93. The molecule has 0 saturated carbocycles. The molecular weight excluding hydrogens is 222 g/mol. The van der Waals surface area contributed by atoms with Crippen molar-refractivity contribution >= 4 is 5.82 Å². The minimum atomic E-state index is 0.435. The number of pyridine rings is 1. The Labute approximate surface area is 111 Å². The van der Waals surface area contributed by atoms with Gasteiger partial charge in [0.05, 0.1) is 0 Å². The van der Waals surface area contributed by atoms with Crippen molar-refractivity contribution in [3.05, 3.63) is 23.4 Å². The first kappa shape index (κ1) is 15.0. The van der Waals surface area contributed by atoms with Crippen molar-refractivity contribution in [2.24, 2.45) is 5.73 Å². The second-order valence-corrected chi connectivity index (χ2v) is 5.37. The third-order valence-corrected chi connectivity index (χ3v) is 3.45.